The summed E-state index contributed by atoms with van der Waals surface area (Å²) in [6.45, 7) is 3.47. The number of primary amides is 1. The predicted octanol–water partition coefficient (Wildman–Crippen LogP) is 2.52. The molecule has 0 aliphatic heterocycles. The highest BCUT2D eigenvalue weighted by Gasteiger charge is 2.36. The van der Waals surface area contributed by atoms with Crippen LogP contribution in [0.5, 0.6) is 0 Å². The van der Waals surface area contributed by atoms with E-state index in [0.29, 0.717) is 10.6 Å². The summed E-state index contributed by atoms with van der Waals surface area (Å²) in [6, 6.07) is 9.48. The summed E-state index contributed by atoms with van der Waals surface area (Å²) in [5.41, 5.74) is 12.4. The molecule has 0 saturated carbocycles. The Kier molecular flexibility index (Phi) is 8.55. The number of hydrogen-bond donors (Lipinski definition) is 3. The number of hydrogen-bond acceptors (Lipinski definition) is 9. The van der Waals surface area contributed by atoms with Crippen LogP contribution < -0.4 is 21.7 Å². The highest BCUT2D eigenvalue weighted by atomic mass is 32.1. The van der Waals surface area contributed by atoms with Crippen LogP contribution in [0.3, 0.4) is 0 Å². The van der Waals surface area contributed by atoms with Crippen molar-refractivity contribution in [1.82, 2.24) is 9.69 Å². The first-order valence-electron chi connectivity index (χ1n) is 10.7. The van der Waals surface area contributed by atoms with Crippen LogP contribution in [0, 0.1) is 0 Å². The quantitative estimate of drug-likeness (QED) is 0.350. The van der Waals surface area contributed by atoms with E-state index in [9.17, 15) is 19.2 Å². The van der Waals surface area contributed by atoms with Gasteiger partial charge in [-0.3, -0.25) is 24.1 Å². The summed E-state index contributed by atoms with van der Waals surface area (Å²) in [5, 5.41) is 4.33. The number of nitrogens with zero attached hydrogens (tertiary/aromatic N) is 2. The van der Waals surface area contributed by atoms with Crippen molar-refractivity contribution < 1.29 is 23.9 Å². The second-order valence-electron chi connectivity index (χ2n) is 7.27. The van der Waals surface area contributed by atoms with Gasteiger partial charge >= 0.3 is 5.97 Å². The molecule has 12 heteroatoms. The molecule has 0 unspecified atom stereocenters. The van der Waals surface area contributed by atoms with Gasteiger partial charge in [-0.1, -0.05) is 25.1 Å². The number of nitrogen functional groups attached to an aromatic ring is 1. The number of carbonyl (C=O) groups is 4. The van der Waals surface area contributed by atoms with Crippen LogP contribution in [0.25, 0.3) is 0 Å². The fraction of sp³-hybridized carbons (Fsp3) is 0.261. The zero-order valence-corrected chi connectivity index (χ0v) is 20.8. The monoisotopic (exact) mass is 515 g/mol. The van der Waals surface area contributed by atoms with Crippen molar-refractivity contribution in [2.24, 2.45) is 5.73 Å². The van der Waals surface area contributed by atoms with Gasteiger partial charge in [0.1, 0.15) is 11.4 Å². The van der Waals surface area contributed by atoms with Crippen molar-refractivity contribution in [3.8, 4) is 0 Å². The Balaban J connectivity index is 2.09. The predicted molar refractivity (Wildman–Crippen MR) is 134 cm³/mol. The second-order valence-corrected chi connectivity index (χ2v) is 9.03. The molecule has 3 aromatic rings. The minimum atomic E-state index is -1.14. The van der Waals surface area contributed by atoms with Gasteiger partial charge in [0.15, 0.2) is 11.7 Å². The molecule has 0 saturated heterocycles. The lowest BCUT2D eigenvalue weighted by molar-refractivity contribution is -0.143. The minimum Gasteiger partial charge on any atom is -0.465 e. The van der Waals surface area contributed by atoms with Crippen molar-refractivity contribution in [2.45, 2.75) is 26.3 Å². The van der Waals surface area contributed by atoms with E-state index in [1.54, 1.807) is 36.6 Å². The number of thiophene rings is 1. The summed E-state index contributed by atoms with van der Waals surface area (Å²) in [4.78, 5) is 52.5. The first kappa shape index (κ1) is 25.8. The van der Waals surface area contributed by atoms with Gasteiger partial charge in [0, 0.05) is 10.6 Å². The third kappa shape index (κ3) is 5.84. The van der Waals surface area contributed by atoms with E-state index in [0.717, 1.165) is 23.5 Å². The third-order valence-corrected chi connectivity index (χ3v) is 6.80. The molecule has 184 valence electrons. The molecule has 0 aliphatic rings. The molecule has 1 aromatic carbocycles. The lowest BCUT2D eigenvalue weighted by Crippen LogP contribution is -2.45. The standard InChI is InChI=1S/C23H25N5O5S2/c1-3-13-7-9-14(10-8-13)28(23(32)20-17(24)18(21(25)30)27-35-20)19(15-6-5-11-34-15)22(31)26-12-16(29)33-4-2/h5-11,19H,3-4,12,24H2,1-2H3,(H2,25,30)(H,26,31)/t19-/m1/s1. The van der Waals surface area contributed by atoms with E-state index in [1.165, 1.54) is 16.2 Å². The highest BCUT2D eigenvalue weighted by molar-refractivity contribution is 7.10. The number of esters is 1. The Morgan fingerprint density at radius 2 is 1.86 bits per heavy atom. The average Bonchev–Trinajstić information content (AvgIpc) is 3.51. The Bertz CT molecular complexity index is 1210. The lowest BCUT2D eigenvalue weighted by Gasteiger charge is -2.30. The summed E-state index contributed by atoms with van der Waals surface area (Å²) in [7, 11) is 0. The first-order valence-corrected chi connectivity index (χ1v) is 12.4. The molecule has 0 aliphatic carbocycles. The van der Waals surface area contributed by atoms with E-state index in [-0.39, 0.29) is 29.4 Å². The van der Waals surface area contributed by atoms with Gasteiger partial charge in [-0.05, 0) is 54.0 Å². The van der Waals surface area contributed by atoms with E-state index in [2.05, 4.69) is 9.69 Å². The van der Waals surface area contributed by atoms with Crippen molar-refractivity contribution >= 4 is 57.9 Å². The van der Waals surface area contributed by atoms with Crippen LogP contribution in [0.4, 0.5) is 11.4 Å². The number of benzene rings is 1. The van der Waals surface area contributed by atoms with Gasteiger partial charge in [-0.25, -0.2) is 0 Å². The van der Waals surface area contributed by atoms with Gasteiger partial charge < -0.3 is 21.5 Å². The maximum atomic E-state index is 13.8. The van der Waals surface area contributed by atoms with Crippen molar-refractivity contribution in [2.75, 3.05) is 23.8 Å². The second kappa shape index (κ2) is 11.6. The van der Waals surface area contributed by atoms with Crippen LogP contribution in [0.15, 0.2) is 41.8 Å². The number of carbonyl (C=O) groups excluding carboxylic acids is 4. The topological polar surface area (TPSA) is 158 Å². The molecule has 2 heterocycles. The van der Waals surface area contributed by atoms with E-state index in [4.69, 9.17) is 16.2 Å². The van der Waals surface area contributed by atoms with Crippen molar-refractivity contribution in [3.63, 3.8) is 0 Å². The summed E-state index contributed by atoms with van der Waals surface area (Å²) < 4.78 is 8.81. The average molecular weight is 516 g/mol. The molecular formula is C23H25N5O5S2. The molecule has 0 fully saturated rings. The molecule has 3 rings (SSSR count). The molecule has 35 heavy (non-hydrogen) atoms. The van der Waals surface area contributed by atoms with Crippen molar-refractivity contribution in [1.29, 1.82) is 0 Å². The SMILES string of the molecule is CCOC(=O)CNC(=O)[C@@H](c1cccs1)N(C(=O)c1snc(C(N)=O)c1N)c1ccc(CC)cc1. The molecule has 0 spiro atoms. The van der Waals surface area contributed by atoms with E-state index in [1.807, 2.05) is 19.1 Å². The fourth-order valence-electron chi connectivity index (χ4n) is 3.30. The maximum absolute atomic E-state index is 13.8. The first-order chi connectivity index (χ1) is 16.8. The zero-order valence-electron chi connectivity index (χ0n) is 19.1. The largest absolute Gasteiger partial charge is 0.465 e. The Hall–Kier alpha value is -3.77. The molecule has 0 bridgehead atoms. The molecule has 10 nitrogen and oxygen atoms in total. The summed E-state index contributed by atoms with van der Waals surface area (Å²) in [5.74, 6) is -2.69. The minimum absolute atomic E-state index is 0.0295. The Morgan fingerprint density at radius 1 is 1.14 bits per heavy atom. The van der Waals surface area contributed by atoms with Crippen LogP contribution in [0.1, 0.15) is 50.5 Å². The van der Waals surface area contributed by atoms with Gasteiger partial charge in [0.2, 0.25) is 5.91 Å². The Morgan fingerprint density at radius 3 is 2.40 bits per heavy atom. The summed E-state index contributed by atoms with van der Waals surface area (Å²) >= 11 is 2.00. The maximum Gasteiger partial charge on any atom is 0.325 e. The number of anilines is 2. The molecule has 2 aromatic heterocycles. The van der Waals surface area contributed by atoms with Crippen LogP contribution in [-0.2, 0) is 20.7 Å². The number of nitrogens with two attached hydrogens (primary N) is 2. The number of ether oxygens (including phenoxy) is 1. The molecular weight excluding hydrogens is 490 g/mol. The number of amides is 3. The lowest BCUT2D eigenvalue weighted by atomic mass is 10.1. The van der Waals surface area contributed by atoms with Gasteiger partial charge in [0.25, 0.3) is 11.8 Å². The fourth-order valence-corrected chi connectivity index (χ4v) is 4.86. The number of rotatable bonds is 10. The van der Waals surface area contributed by atoms with Gasteiger partial charge in [0.05, 0.1) is 12.3 Å². The highest BCUT2D eigenvalue weighted by Crippen LogP contribution is 2.34. The molecule has 0 radical (unpaired) electrons. The molecule has 3 amide bonds. The van der Waals surface area contributed by atoms with E-state index < -0.39 is 29.7 Å². The molecule has 1 atom stereocenters. The van der Waals surface area contributed by atoms with Crippen LogP contribution >= 0.6 is 22.9 Å². The zero-order chi connectivity index (χ0) is 25.5. The summed E-state index contributed by atoms with van der Waals surface area (Å²) in [6.07, 6.45) is 0.784. The van der Waals surface area contributed by atoms with Crippen molar-refractivity contribution in [3.05, 3.63) is 62.8 Å². The number of nitrogens with one attached hydrogen (secondary N) is 1. The van der Waals surface area contributed by atoms with Crippen LogP contribution in [-0.4, -0.2) is 41.2 Å². The van der Waals surface area contributed by atoms with Crippen LogP contribution in [0.2, 0.25) is 0 Å². The van der Waals surface area contributed by atoms with Gasteiger partial charge in [-0.2, -0.15) is 4.37 Å². The third-order valence-electron chi connectivity index (χ3n) is 5.03. The number of aryl methyl sites for hydroxylation is 1. The van der Waals surface area contributed by atoms with Gasteiger partial charge in [-0.15, -0.1) is 11.3 Å². The molecule has 5 N–H and O–H groups in total. The Labute approximate surface area is 210 Å². The normalized spacial score (nSPS) is 11.5. The number of aromatic nitrogens is 1. The van der Waals surface area contributed by atoms with E-state index >= 15 is 0 Å². The smallest absolute Gasteiger partial charge is 0.325 e.